The number of ether oxygens (including phenoxy) is 1. The summed E-state index contributed by atoms with van der Waals surface area (Å²) in [7, 11) is 1.37. The minimum Gasteiger partial charge on any atom is -0.507 e. The van der Waals surface area contributed by atoms with Crippen LogP contribution >= 0.6 is 0 Å². The first-order valence-electron chi connectivity index (χ1n) is 9.96. The van der Waals surface area contributed by atoms with Crippen molar-refractivity contribution in [2.75, 3.05) is 12.0 Å². The molecule has 1 N–H and O–H groups in total. The number of aliphatic hydroxyl groups excluding tert-OH is 1. The van der Waals surface area contributed by atoms with Crippen molar-refractivity contribution >= 4 is 23.1 Å². The number of amides is 1. The summed E-state index contributed by atoms with van der Waals surface area (Å²) in [5.41, 5.74) is 2.50. The fourth-order valence-corrected chi connectivity index (χ4v) is 3.98. The highest BCUT2D eigenvalue weighted by atomic mass is 19.1. The number of carbonyl (C=O) groups is 2. The monoisotopic (exact) mass is 432 g/mol. The van der Waals surface area contributed by atoms with E-state index in [4.69, 9.17) is 4.74 Å². The first-order chi connectivity index (χ1) is 15.3. The summed E-state index contributed by atoms with van der Waals surface area (Å²) in [6, 6.07) is 13.2. The van der Waals surface area contributed by atoms with E-state index >= 15 is 0 Å². The summed E-state index contributed by atoms with van der Waals surface area (Å²) in [5.74, 6) is -2.66. The molecule has 1 aliphatic heterocycles. The van der Waals surface area contributed by atoms with Crippen molar-refractivity contribution in [1.29, 1.82) is 0 Å². The summed E-state index contributed by atoms with van der Waals surface area (Å²) < 4.78 is 19.2. The van der Waals surface area contributed by atoms with Gasteiger partial charge >= 0.3 is 0 Å². The Kier molecular flexibility index (Phi) is 5.48. The standard InChI is InChI=1S/C25H21FN2O4/c1-14-7-9-19(15(2)12-14)28-22(18-6-4-5-11-27-18)21(24(30)25(28)31)23(29)17-13-16(26)8-10-20(17)32-3/h4-13,22,29H,1-3H3/b23-21+. The zero-order chi connectivity index (χ0) is 23.0. The number of carbonyl (C=O) groups excluding carboxylic acids is 2. The van der Waals surface area contributed by atoms with Crippen LogP contribution in [0, 0.1) is 19.7 Å². The molecule has 4 rings (SSSR count). The summed E-state index contributed by atoms with van der Waals surface area (Å²) in [5, 5.41) is 11.2. The Morgan fingerprint density at radius 1 is 1.09 bits per heavy atom. The van der Waals surface area contributed by atoms with Crippen LogP contribution in [0.2, 0.25) is 0 Å². The fourth-order valence-electron chi connectivity index (χ4n) is 3.98. The van der Waals surface area contributed by atoms with Gasteiger partial charge in [0.25, 0.3) is 11.7 Å². The fraction of sp³-hybridized carbons (Fsp3) is 0.160. The highest BCUT2D eigenvalue weighted by molar-refractivity contribution is 6.51. The SMILES string of the molecule is COc1ccc(F)cc1/C(O)=C1\C(=O)C(=O)N(c2ccc(C)cc2C)C1c1ccccn1. The maximum Gasteiger partial charge on any atom is 0.300 e. The van der Waals surface area contributed by atoms with Gasteiger partial charge in [0, 0.05) is 11.9 Å². The van der Waals surface area contributed by atoms with Crippen LogP contribution in [0.1, 0.15) is 28.4 Å². The third-order valence-corrected chi connectivity index (χ3v) is 5.44. The van der Waals surface area contributed by atoms with Crippen molar-refractivity contribution in [1.82, 2.24) is 4.98 Å². The molecule has 162 valence electrons. The molecule has 0 bridgehead atoms. The first-order valence-corrected chi connectivity index (χ1v) is 9.96. The molecule has 32 heavy (non-hydrogen) atoms. The van der Waals surface area contributed by atoms with E-state index in [0.29, 0.717) is 11.4 Å². The second-order valence-corrected chi connectivity index (χ2v) is 7.56. The number of aromatic nitrogens is 1. The molecule has 1 fully saturated rings. The molecule has 1 unspecified atom stereocenters. The molecule has 2 heterocycles. The molecule has 0 spiro atoms. The Morgan fingerprint density at radius 3 is 2.53 bits per heavy atom. The average molecular weight is 432 g/mol. The molecule has 1 amide bonds. The van der Waals surface area contributed by atoms with Gasteiger partial charge in [-0.05, 0) is 55.8 Å². The smallest absolute Gasteiger partial charge is 0.300 e. The lowest BCUT2D eigenvalue weighted by Gasteiger charge is -2.26. The Labute approximate surface area is 184 Å². The predicted octanol–water partition coefficient (Wildman–Crippen LogP) is 4.47. The molecule has 0 radical (unpaired) electrons. The van der Waals surface area contributed by atoms with Crippen LogP contribution in [0.5, 0.6) is 5.75 Å². The second-order valence-electron chi connectivity index (χ2n) is 7.56. The molecular weight excluding hydrogens is 411 g/mol. The lowest BCUT2D eigenvalue weighted by Crippen LogP contribution is -2.30. The molecule has 0 aliphatic carbocycles. The Hall–Kier alpha value is -4.00. The Balaban J connectivity index is 2.00. The van der Waals surface area contributed by atoms with E-state index in [1.165, 1.54) is 24.1 Å². The van der Waals surface area contributed by atoms with Gasteiger partial charge in [0.15, 0.2) is 0 Å². The quantitative estimate of drug-likeness (QED) is 0.374. The first kappa shape index (κ1) is 21.2. The molecule has 1 atom stereocenters. The zero-order valence-corrected chi connectivity index (χ0v) is 17.8. The van der Waals surface area contributed by atoms with E-state index in [1.807, 2.05) is 26.0 Å². The van der Waals surface area contributed by atoms with E-state index in [-0.39, 0.29) is 16.9 Å². The van der Waals surface area contributed by atoms with Crippen LogP contribution in [0.4, 0.5) is 10.1 Å². The van der Waals surface area contributed by atoms with Gasteiger partial charge in [-0.25, -0.2) is 4.39 Å². The van der Waals surface area contributed by atoms with Crippen molar-refractivity contribution in [2.24, 2.45) is 0 Å². The highest BCUT2D eigenvalue weighted by Gasteiger charge is 2.48. The van der Waals surface area contributed by atoms with Crippen molar-refractivity contribution in [3.8, 4) is 5.75 Å². The summed E-state index contributed by atoms with van der Waals surface area (Å²) >= 11 is 0. The number of aryl methyl sites for hydroxylation is 2. The molecule has 1 saturated heterocycles. The van der Waals surface area contributed by atoms with Gasteiger partial charge in [0.2, 0.25) is 0 Å². The lowest BCUT2D eigenvalue weighted by atomic mass is 9.97. The van der Waals surface area contributed by atoms with Crippen molar-refractivity contribution < 1.29 is 23.8 Å². The van der Waals surface area contributed by atoms with E-state index in [1.54, 1.807) is 30.5 Å². The number of rotatable bonds is 4. The van der Waals surface area contributed by atoms with Gasteiger partial charge in [0.05, 0.1) is 23.9 Å². The molecule has 7 heteroatoms. The lowest BCUT2D eigenvalue weighted by molar-refractivity contribution is -0.132. The van der Waals surface area contributed by atoms with Crippen LogP contribution < -0.4 is 9.64 Å². The summed E-state index contributed by atoms with van der Waals surface area (Å²) in [4.78, 5) is 32.0. The van der Waals surface area contributed by atoms with Crippen molar-refractivity contribution in [2.45, 2.75) is 19.9 Å². The molecule has 3 aromatic rings. The number of benzene rings is 2. The third-order valence-electron chi connectivity index (χ3n) is 5.44. The number of Topliss-reactive ketones (excluding diaryl/α,β-unsaturated/α-hetero) is 1. The molecule has 1 aliphatic rings. The minimum absolute atomic E-state index is 0.0212. The number of hydrogen-bond acceptors (Lipinski definition) is 5. The molecule has 0 saturated carbocycles. The number of hydrogen-bond donors (Lipinski definition) is 1. The van der Waals surface area contributed by atoms with E-state index in [9.17, 15) is 19.1 Å². The van der Waals surface area contributed by atoms with Gasteiger partial charge in [0.1, 0.15) is 23.4 Å². The predicted molar refractivity (Wildman–Crippen MR) is 118 cm³/mol. The maximum atomic E-state index is 14.0. The van der Waals surface area contributed by atoms with Gasteiger partial charge in [-0.1, -0.05) is 23.8 Å². The number of nitrogens with zero attached hydrogens (tertiary/aromatic N) is 2. The number of anilines is 1. The van der Waals surface area contributed by atoms with Crippen LogP contribution in [-0.4, -0.2) is 28.9 Å². The van der Waals surface area contributed by atoms with Crippen LogP contribution in [0.25, 0.3) is 5.76 Å². The Bertz CT molecular complexity index is 1250. The summed E-state index contributed by atoms with van der Waals surface area (Å²) in [6.07, 6.45) is 1.54. The number of pyridine rings is 1. The highest BCUT2D eigenvalue weighted by Crippen LogP contribution is 2.43. The summed E-state index contributed by atoms with van der Waals surface area (Å²) in [6.45, 7) is 3.77. The van der Waals surface area contributed by atoms with E-state index < -0.39 is 29.3 Å². The van der Waals surface area contributed by atoms with Gasteiger partial charge in [-0.15, -0.1) is 0 Å². The van der Waals surface area contributed by atoms with Gasteiger partial charge in [-0.3, -0.25) is 19.5 Å². The number of halogens is 1. The van der Waals surface area contributed by atoms with Crippen molar-refractivity contribution in [3.05, 3.63) is 94.6 Å². The molecule has 2 aromatic carbocycles. The van der Waals surface area contributed by atoms with Crippen molar-refractivity contribution in [3.63, 3.8) is 0 Å². The zero-order valence-electron chi connectivity index (χ0n) is 17.8. The van der Waals surface area contributed by atoms with Gasteiger partial charge in [-0.2, -0.15) is 0 Å². The van der Waals surface area contributed by atoms with Gasteiger partial charge < -0.3 is 9.84 Å². The second kappa shape index (κ2) is 8.26. The molecule has 6 nitrogen and oxygen atoms in total. The normalized spacial score (nSPS) is 17.6. The molecule has 1 aromatic heterocycles. The van der Waals surface area contributed by atoms with Crippen LogP contribution in [-0.2, 0) is 9.59 Å². The van der Waals surface area contributed by atoms with E-state index in [0.717, 1.165) is 17.2 Å². The average Bonchev–Trinajstić information content (AvgIpc) is 3.04. The third kappa shape index (κ3) is 3.51. The minimum atomic E-state index is -0.995. The largest absolute Gasteiger partial charge is 0.507 e. The topological polar surface area (TPSA) is 79.7 Å². The molecular formula is C25H21FN2O4. The Morgan fingerprint density at radius 2 is 1.88 bits per heavy atom. The number of aliphatic hydroxyl groups is 1. The van der Waals surface area contributed by atoms with Crippen LogP contribution in [0.3, 0.4) is 0 Å². The van der Waals surface area contributed by atoms with Crippen LogP contribution in [0.15, 0.2) is 66.4 Å². The maximum absolute atomic E-state index is 14.0. The van der Waals surface area contributed by atoms with E-state index in [2.05, 4.69) is 4.98 Å². The number of methoxy groups -OCH3 is 1. The number of ketones is 1.